The number of nitrogens with zero attached hydrogens (tertiary/aromatic N) is 2. The van der Waals surface area contributed by atoms with Gasteiger partial charge < -0.3 is 14.0 Å². The van der Waals surface area contributed by atoms with Gasteiger partial charge in [0.1, 0.15) is 5.75 Å². The minimum absolute atomic E-state index is 0.00112. The fourth-order valence-electron chi connectivity index (χ4n) is 4.73. The van der Waals surface area contributed by atoms with Crippen LogP contribution in [0.1, 0.15) is 43.2 Å². The fraction of sp³-hybridized carbons (Fsp3) is 0.522. The summed E-state index contributed by atoms with van der Waals surface area (Å²) in [5.74, 6) is 0.493. The van der Waals surface area contributed by atoms with Crippen molar-refractivity contribution in [1.82, 2.24) is 9.47 Å². The topological polar surface area (TPSA) is 43.7 Å². The van der Waals surface area contributed by atoms with Crippen molar-refractivity contribution in [2.45, 2.75) is 57.5 Å². The highest BCUT2D eigenvalue weighted by Gasteiger charge is 2.43. The summed E-state index contributed by atoms with van der Waals surface area (Å²) in [4.78, 5) is 14.3. The normalized spacial score (nSPS) is 21.8. The van der Waals surface area contributed by atoms with Crippen LogP contribution in [0.15, 0.2) is 35.3 Å². The molecule has 1 spiro atoms. The van der Waals surface area contributed by atoms with E-state index in [0.717, 1.165) is 60.0 Å². The van der Waals surface area contributed by atoms with Gasteiger partial charge >= 0.3 is 0 Å². The van der Waals surface area contributed by atoms with Crippen molar-refractivity contribution < 1.29 is 9.47 Å². The second kappa shape index (κ2) is 6.75. The third-order valence-corrected chi connectivity index (χ3v) is 6.88. The van der Waals surface area contributed by atoms with E-state index in [1.165, 1.54) is 19.3 Å². The third kappa shape index (κ3) is 2.97. The van der Waals surface area contributed by atoms with E-state index in [1.807, 2.05) is 12.3 Å². The smallest absolute Gasteiger partial charge is 0.250 e. The van der Waals surface area contributed by atoms with Crippen LogP contribution in [0.5, 0.6) is 5.75 Å². The van der Waals surface area contributed by atoms with Gasteiger partial charge in [0.05, 0.1) is 6.61 Å². The zero-order chi connectivity index (χ0) is 19.3. The number of piperidine rings is 1. The summed E-state index contributed by atoms with van der Waals surface area (Å²) in [7, 11) is 1.78. The minimum atomic E-state index is -0.460. The van der Waals surface area contributed by atoms with Crippen molar-refractivity contribution >= 4 is 0 Å². The first-order valence-corrected chi connectivity index (χ1v) is 10.4. The molecule has 1 aliphatic carbocycles. The van der Waals surface area contributed by atoms with Gasteiger partial charge in [-0.1, -0.05) is 12.5 Å². The average molecular weight is 380 g/mol. The molecule has 1 aromatic carbocycles. The van der Waals surface area contributed by atoms with Crippen LogP contribution in [0.3, 0.4) is 0 Å². The van der Waals surface area contributed by atoms with Gasteiger partial charge in [-0.15, -0.1) is 0 Å². The van der Waals surface area contributed by atoms with E-state index in [2.05, 4.69) is 24.0 Å². The summed E-state index contributed by atoms with van der Waals surface area (Å²) in [6.07, 6.45) is 7.84. The van der Waals surface area contributed by atoms with Gasteiger partial charge in [-0.2, -0.15) is 0 Å². The van der Waals surface area contributed by atoms with E-state index in [-0.39, 0.29) is 5.56 Å². The summed E-state index contributed by atoms with van der Waals surface area (Å²) in [5.41, 5.74) is 4.45. The number of hydrogen-bond acceptors (Lipinski definition) is 4. The van der Waals surface area contributed by atoms with Gasteiger partial charge in [-0.05, 0) is 48.6 Å². The number of aromatic nitrogens is 1. The molecule has 1 aromatic heterocycles. The van der Waals surface area contributed by atoms with E-state index in [9.17, 15) is 4.79 Å². The second-order valence-corrected chi connectivity index (χ2v) is 8.50. The van der Waals surface area contributed by atoms with Crippen LogP contribution in [0.4, 0.5) is 0 Å². The molecule has 2 aromatic rings. The lowest BCUT2D eigenvalue weighted by Crippen LogP contribution is -2.54. The Bertz CT molecular complexity index is 953. The molecular formula is C23H28N2O3. The highest BCUT2D eigenvalue weighted by Crippen LogP contribution is 2.42. The Morgan fingerprint density at radius 1 is 1.11 bits per heavy atom. The van der Waals surface area contributed by atoms with Crippen LogP contribution in [-0.4, -0.2) is 34.4 Å². The molecule has 28 heavy (non-hydrogen) atoms. The van der Waals surface area contributed by atoms with Crippen molar-refractivity contribution in [3.63, 3.8) is 0 Å². The van der Waals surface area contributed by atoms with Crippen molar-refractivity contribution in [3.05, 3.63) is 51.9 Å². The molecule has 148 valence electrons. The lowest BCUT2D eigenvalue weighted by molar-refractivity contribution is -0.231. The lowest BCUT2D eigenvalue weighted by atomic mass is 9.88. The van der Waals surface area contributed by atoms with Crippen LogP contribution in [-0.2, 0) is 18.4 Å². The first-order valence-electron chi connectivity index (χ1n) is 10.4. The summed E-state index contributed by atoms with van der Waals surface area (Å²) >= 11 is 0. The average Bonchev–Trinajstić information content (AvgIpc) is 2.65. The molecule has 0 atom stereocenters. The maximum atomic E-state index is 11.7. The number of fused-ring (bicyclic) bond motifs is 1. The maximum absolute atomic E-state index is 11.7. The molecule has 1 saturated carbocycles. The van der Waals surface area contributed by atoms with Gasteiger partial charge in [-0.3, -0.25) is 9.69 Å². The Morgan fingerprint density at radius 3 is 2.57 bits per heavy atom. The molecule has 2 aliphatic heterocycles. The van der Waals surface area contributed by atoms with Crippen molar-refractivity contribution in [2.24, 2.45) is 7.05 Å². The van der Waals surface area contributed by atoms with Crippen molar-refractivity contribution in [2.75, 3.05) is 13.1 Å². The molecule has 3 heterocycles. The van der Waals surface area contributed by atoms with E-state index in [1.54, 1.807) is 17.7 Å². The number of rotatable bonds is 2. The first kappa shape index (κ1) is 18.0. The van der Waals surface area contributed by atoms with Gasteiger partial charge in [-0.25, -0.2) is 0 Å². The molecular weight excluding hydrogens is 352 g/mol. The van der Waals surface area contributed by atoms with Gasteiger partial charge in [0.2, 0.25) is 11.3 Å². The molecule has 0 bridgehead atoms. The molecule has 2 fully saturated rings. The monoisotopic (exact) mass is 380 g/mol. The maximum Gasteiger partial charge on any atom is 0.250 e. The Morgan fingerprint density at radius 2 is 1.89 bits per heavy atom. The summed E-state index contributed by atoms with van der Waals surface area (Å²) in [6.45, 7) is 4.83. The number of likely N-dealkylation sites (tertiary alicyclic amines) is 1. The lowest BCUT2D eigenvalue weighted by Gasteiger charge is -2.47. The van der Waals surface area contributed by atoms with E-state index in [0.29, 0.717) is 6.61 Å². The molecule has 1 saturated heterocycles. The molecule has 5 heteroatoms. The fourth-order valence-corrected chi connectivity index (χ4v) is 4.73. The molecule has 5 rings (SSSR count). The van der Waals surface area contributed by atoms with Gasteiger partial charge in [0.15, 0.2) is 0 Å². The molecule has 0 radical (unpaired) electrons. The van der Waals surface area contributed by atoms with Crippen LogP contribution in [0.2, 0.25) is 0 Å². The summed E-state index contributed by atoms with van der Waals surface area (Å²) in [5, 5.41) is 0. The Balaban J connectivity index is 1.38. The third-order valence-electron chi connectivity index (χ3n) is 6.88. The van der Waals surface area contributed by atoms with Crippen LogP contribution < -0.4 is 10.3 Å². The quantitative estimate of drug-likeness (QED) is 0.798. The second-order valence-electron chi connectivity index (χ2n) is 8.50. The molecule has 5 nitrogen and oxygen atoms in total. The standard InChI is InChI=1S/C23H28N2O3/c1-16-19(17-6-9-22(26)24(2)14-17)7-8-21-20(16)15-27-23(28-21)10-12-25(13-11-23)18-4-3-5-18/h6-9,14,18H,3-5,10-13,15H2,1-2H3. The zero-order valence-corrected chi connectivity index (χ0v) is 16.7. The van der Waals surface area contributed by atoms with Gasteiger partial charge in [0, 0.05) is 56.8 Å². The zero-order valence-electron chi connectivity index (χ0n) is 16.7. The molecule has 3 aliphatic rings. The van der Waals surface area contributed by atoms with E-state index >= 15 is 0 Å². The van der Waals surface area contributed by atoms with Crippen LogP contribution in [0, 0.1) is 6.92 Å². The number of hydrogen-bond donors (Lipinski definition) is 0. The van der Waals surface area contributed by atoms with Gasteiger partial charge in [0.25, 0.3) is 0 Å². The first-order chi connectivity index (χ1) is 13.5. The highest BCUT2D eigenvalue weighted by molar-refractivity contribution is 5.69. The van der Waals surface area contributed by atoms with Crippen molar-refractivity contribution in [1.29, 1.82) is 0 Å². The number of aryl methyl sites for hydroxylation is 1. The predicted octanol–water partition coefficient (Wildman–Crippen LogP) is 3.61. The van der Waals surface area contributed by atoms with Crippen molar-refractivity contribution in [3.8, 4) is 16.9 Å². The molecule has 0 amide bonds. The Labute approximate surface area is 165 Å². The molecule has 0 unspecified atom stereocenters. The van der Waals surface area contributed by atoms with Crippen LogP contribution >= 0.6 is 0 Å². The van der Waals surface area contributed by atoms with E-state index in [4.69, 9.17) is 9.47 Å². The summed E-state index contributed by atoms with van der Waals surface area (Å²) in [6, 6.07) is 8.48. The summed E-state index contributed by atoms with van der Waals surface area (Å²) < 4.78 is 14.4. The largest absolute Gasteiger partial charge is 0.462 e. The minimum Gasteiger partial charge on any atom is -0.462 e. The van der Waals surface area contributed by atoms with E-state index < -0.39 is 5.79 Å². The Kier molecular flexibility index (Phi) is 4.33. The van der Waals surface area contributed by atoms with Crippen LogP contribution in [0.25, 0.3) is 11.1 Å². The SMILES string of the molecule is Cc1c(-c2ccc(=O)n(C)c2)ccc2c1COC1(CCN(C3CCC3)CC1)O2. The Hall–Kier alpha value is -2.11. The number of pyridine rings is 1. The molecule has 0 N–H and O–H groups in total. The highest BCUT2D eigenvalue weighted by atomic mass is 16.7. The number of ether oxygens (including phenoxy) is 2. The predicted molar refractivity (Wildman–Crippen MR) is 108 cm³/mol. The number of benzene rings is 1.